The quantitative estimate of drug-likeness (QED) is 0.523. The molecular weight excluding hydrogens is 304 g/mol. The van der Waals surface area contributed by atoms with Crippen molar-refractivity contribution in [1.29, 1.82) is 0 Å². The van der Waals surface area contributed by atoms with Crippen LogP contribution in [0.5, 0.6) is 0 Å². The molecule has 0 aliphatic heterocycles. The number of halogens is 4. The van der Waals surface area contributed by atoms with Gasteiger partial charge in [-0.2, -0.15) is 0 Å². The third-order valence-electron chi connectivity index (χ3n) is 6.50. The van der Waals surface area contributed by atoms with E-state index in [9.17, 15) is 17.6 Å². The molecule has 0 heterocycles. The van der Waals surface area contributed by atoms with Crippen LogP contribution < -0.4 is 0 Å². The van der Waals surface area contributed by atoms with Gasteiger partial charge in [0.2, 0.25) is 0 Å². The second kappa shape index (κ2) is 7.14. The minimum Gasteiger partial charge on any atom is -0.244 e. The summed E-state index contributed by atoms with van der Waals surface area (Å²) in [6, 6.07) is 0. The molecule has 0 N–H and O–H groups in total. The van der Waals surface area contributed by atoms with Gasteiger partial charge in [-0.15, -0.1) is 0 Å². The summed E-state index contributed by atoms with van der Waals surface area (Å²) in [5, 5.41) is 0. The second-order valence-electron chi connectivity index (χ2n) is 8.10. The highest BCUT2D eigenvalue weighted by molar-refractivity contribution is 5.18. The largest absolute Gasteiger partial charge is 0.244 e. The molecule has 2 saturated carbocycles. The minimum absolute atomic E-state index is 0.0596. The minimum atomic E-state index is -2.03. The summed E-state index contributed by atoms with van der Waals surface area (Å²) in [7, 11) is 0. The summed E-state index contributed by atoms with van der Waals surface area (Å²) in [4.78, 5) is 0. The van der Waals surface area contributed by atoms with E-state index in [0.29, 0.717) is 30.3 Å². The highest BCUT2D eigenvalue weighted by atomic mass is 19.2. The van der Waals surface area contributed by atoms with E-state index in [1.165, 1.54) is 25.7 Å². The van der Waals surface area contributed by atoms with E-state index in [1.54, 1.807) is 0 Å². The zero-order valence-corrected chi connectivity index (χ0v) is 13.9. The fourth-order valence-corrected chi connectivity index (χ4v) is 4.94. The van der Waals surface area contributed by atoms with E-state index in [4.69, 9.17) is 0 Å². The molecule has 0 aromatic heterocycles. The number of hydrogen-bond acceptors (Lipinski definition) is 0. The number of alkyl halides is 3. The van der Waals surface area contributed by atoms with Crippen LogP contribution in [0.2, 0.25) is 0 Å². The topological polar surface area (TPSA) is 0 Å². The lowest BCUT2D eigenvalue weighted by molar-refractivity contribution is 0.0235. The van der Waals surface area contributed by atoms with Crippen molar-refractivity contribution in [3.63, 3.8) is 0 Å². The Morgan fingerprint density at radius 1 is 0.826 bits per heavy atom. The Bertz CT molecular complexity index is 427. The van der Waals surface area contributed by atoms with Gasteiger partial charge in [0, 0.05) is 6.42 Å². The van der Waals surface area contributed by atoms with Crippen molar-refractivity contribution in [2.75, 3.05) is 0 Å². The standard InChI is InChI=1S/C19H28F4/c1-11-2-4-12(5-3-11)13-6-7-15(16(20)8-13)14-9-17(21)19(23)18(22)10-14/h11-14,17-19H,2-10H2,1H3/t11?,12?,13-,14?,17?,18?,19?/m0/s1. The van der Waals surface area contributed by atoms with Gasteiger partial charge in [0.1, 0.15) is 12.3 Å². The molecule has 3 atom stereocenters. The highest BCUT2D eigenvalue weighted by Crippen LogP contribution is 2.46. The number of rotatable bonds is 2. The molecule has 3 aliphatic carbocycles. The van der Waals surface area contributed by atoms with Gasteiger partial charge in [-0.3, -0.25) is 0 Å². The normalized spacial score (nSPS) is 46.0. The van der Waals surface area contributed by atoms with E-state index < -0.39 is 24.4 Å². The Balaban J connectivity index is 1.63. The first-order chi connectivity index (χ1) is 11.0. The van der Waals surface area contributed by atoms with Crippen LogP contribution in [0, 0.1) is 23.7 Å². The molecule has 3 aliphatic rings. The molecule has 132 valence electrons. The van der Waals surface area contributed by atoms with E-state index in [2.05, 4.69) is 6.92 Å². The predicted octanol–water partition coefficient (Wildman–Crippen LogP) is 6.26. The third kappa shape index (κ3) is 3.76. The maximum atomic E-state index is 14.6. The van der Waals surface area contributed by atoms with E-state index >= 15 is 0 Å². The van der Waals surface area contributed by atoms with Gasteiger partial charge in [0.25, 0.3) is 0 Å². The maximum Gasteiger partial charge on any atom is 0.162 e. The van der Waals surface area contributed by atoms with Crippen LogP contribution in [0.25, 0.3) is 0 Å². The Morgan fingerprint density at radius 2 is 1.43 bits per heavy atom. The Kier molecular flexibility index (Phi) is 5.37. The monoisotopic (exact) mass is 332 g/mol. The Hall–Kier alpha value is -0.540. The zero-order valence-electron chi connectivity index (χ0n) is 13.9. The van der Waals surface area contributed by atoms with Gasteiger partial charge in [-0.05, 0) is 67.8 Å². The molecule has 4 heteroatoms. The highest BCUT2D eigenvalue weighted by Gasteiger charge is 2.42. The number of hydrogen-bond donors (Lipinski definition) is 0. The molecule has 0 radical (unpaired) electrons. The lowest BCUT2D eigenvalue weighted by Gasteiger charge is -2.38. The fourth-order valence-electron chi connectivity index (χ4n) is 4.94. The van der Waals surface area contributed by atoms with Gasteiger partial charge in [-0.1, -0.05) is 19.8 Å². The summed E-state index contributed by atoms with van der Waals surface area (Å²) in [6.07, 6.45) is 1.04. The molecular formula is C19H28F4. The maximum absolute atomic E-state index is 14.6. The van der Waals surface area contributed by atoms with Crippen molar-refractivity contribution < 1.29 is 17.6 Å². The molecule has 0 saturated heterocycles. The van der Waals surface area contributed by atoms with Gasteiger partial charge in [-0.25, -0.2) is 17.6 Å². The molecule has 23 heavy (non-hydrogen) atoms. The summed E-state index contributed by atoms with van der Waals surface area (Å²) in [6.45, 7) is 2.28. The summed E-state index contributed by atoms with van der Waals surface area (Å²) in [5.74, 6) is 1.17. The third-order valence-corrected chi connectivity index (χ3v) is 6.50. The second-order valence-corrected chi connectivity index (χ2v) is 8.10. The molecule has 2 fully saturated rings. The molecule has 0 aromatic rings. The lowest BCUT2D eigenvalue weighted by atomic mass is 9.69. The summed E-state index contributed by atoms with van der Waals surface area (Å²) in [5.41, 5.74) is 0.586. The average Bonchev–Trinajstić information content (AvgIpc) is 2.53. The summed E-state index contributed by atoms with van der Waals surface area (Å²) < 4.78 is 55.1. The van der Waals surface area contributed by atoms with Gasteiger partial charge in [0.05, 0.1) is 5.83 Å². The van der Waals surface area contributed by atoms with Crippen molar-refractivity contribution in [2.24, 2.45) is 23.7 Å². The molecule has 0 aromatic carbocycles. The van der Waals surface area contributed by atoms with Crippen LogP contribution in [0.15, 0.2) is 11.4 Å². The molecule has 0 nitrogen and oxygen atoms in total. The fraction of sp³-hybridized carbons (Fsp3) is 0.895. The van der Waals surface area contributed by atoms with Crippen molar-refractivity contribution in [1.82, 2.24) is 0 Å². The van der Waals surface area contributed by atoms with Crippen molar-refractivity contribution in [3.8, 4) is 0 Å². The molecule has 2 unspecified atom stereocenters. The first-order valence-electron chi connectivity index (χ1n) is 9.25. The van der Waals surface area contributed by atoms with Gasteiger partial charge >= 0.3 is 0 Å². The van der Waals surface area contributed by atoms with Crippen LogP contribution in [-0.4, -0.2) is 18.5 Å². The average molecular weight is 332 g/mol. The molecule has 3 rings (SSSR count). The zero-order chi connectivity index (χ0) is 16.6. The van der Waals surface area contributed by atoms with Crippen LogP contribution in [0.4, 0.5) is 17.6 Å². The van der Waals surface area contributed by atoms with Crippen LogP contribution in [0.3, 0.4) is 0 Å². The van der Waals surface area contributed by atoms with Crippen LogP contribution in [0.1, 0.15) is 64.7 Å². The van der Waals surface area contributed by atoms with E-state index in [-0.39, 0.29) is 18.7 Å². The van der Waals surface area contributed by atoms with Crippen molar-refractivity contribution in [3.05, 3.63) is 11.4 Å². The first kappa shape index (κ1) is 17.3. The Labute approximate surface area is 136 Å². The van der Waals surface area contributed by atoms with E-state index in [0.717, 1.165) is 12.3 Å². The van der Waals surface area contributed by atoms with Crippen molar-refractivity contribution in [2.45, 2.75) is 83.2 Å². The molecule has 0 amide bonds. The van der Waals surface area contributed by atoms with Crippen molar-refractivity contribution >= 4 is 0 Å². The predicted molar refractivity (Wildman–Crippen MR) is 84.0 cm³/mol. The van der Waals surface area contributed by atoms with Crippen LogP contribution >= 0.6 is 0 Å². The number of allylic oxidation sites excluding steroid dienone is 2. The first-order valence-corrected chi connectivity index (χ1v) is 9.25. The van der Waals surface area contributed by atoms with Gasteiger partial charge in [0.15, 0.2) is 6.17 Å². The molecule has 0 bridgehead atoms. The summed E-state index contributed by atoms with van der Waals surface area (Å²) >= 11 is 0. The smallest absolute Gasteiger partial charge is 0.162 e. The SMILES string of the molecule is CC1CCC([C@H]2CCC(C3CC(F)C(F)C(F)C3)=C(F)C2)CC1. The van der Waals surface area contributed by atoms with Crippen LogP contribution in [-0.2, 0) is 0 Å². The van der Waals surface area contributed by atoms with Gasteiger partial charge < -0.3 is 0 Å². The lowest BCUT2D eigenvalue weighted by Crippen LogP contribution is -2.38. The van der Waals surface area contributed by atoms with E-state index in [1.807, 2.05) is 0 Å². The Morgan fingerprint density at radius 3 is 2.00 bits per heavy atom. The molecule has 0 spiro atoms.